The van der Waals surface area contributed by atoms with Crippen molar-refractivity contribution in [2.45, 2.75) is 19.4 Å². The number of rotatable bonds is 10. The summed E-state index contributed by atoms with van der Waals surface area (Å²) in [5, 5.41) is 0. The molecule has 30 heavy (non-hydrogen) atoms. The van der Waals surface area contributed by atoms with Crippen LogP contribution in [-0.4, -0.2) is 70.0 Å². The number of carbonyl (C=O) groups excluding carboxylic acids is 1. The lowest BCUT2D eigenvalue weighted by Gasteiger charge is -2.37. The van der Waals surface area contributed by atoms with E-state index in [1.54, 1.807) is 7.11 Å². The van der Waals surface area contributed by atoms with Crippen LogP contribution in [0.1, 0.15) is 12.5 Å². The van der Waals surface area contributed by atoms with Crippen LogP contribution >= 0.6 is 0 Å². The summed E-state index contributed by atoms with van der Waals surface area (Å²) in [6.07, 6.45) is 0.386. The fourth-order valence-electron chi connectivity index (χ4n) is 3.57. The summed E-state index contributed by atoms with van der Waals surface area (Å²) < 4.78 is 16.7. The first-order valence-electron chi connectivity index (χ1n) is 10.6. The minimum Gasteiger partial charge on any atom is -0.489 e. The molecule has 6 nitrogen and oxygen atoms in total. The molecule has 0 N–H and O–H groups in total. The highest BCUT2D eigenvalue weighted by Gasteiger charge is 2.26. The summed E-state index contributed by atoms with van der Waals surface area (Å²) in [6.45, 7) is 6.36. The summed E-state index contributed by atoms with van der Waals surface area (Å²) >= 11 is 0. The van der Waals surface area contributed by atoms with Crippen molar-refractivity contribution in [3.8, 4) is 5.75 Å². The molecule has 3 rings (SSSR count). The van der Waals surface area contributed by atoms with E-state index in [1.807, 2.05) is 48.2 Å². The molecule has 2 aromatic rings. The zero-order chi connectivity index (χ0) is 21.2. The van der Waals surface area contributed by atoms with Crippen molar-refractivity contribution in [3.63, 3.8) is 0 Å². The Balaban J connectivity index is 1.46. The Morgan fingerprint density at radius 3 is 2.37 bits per heavy atom. The standard InChI is InChI=1S/C24H32N2O4/c1-20(29-17-12-21-8-4-3-5-9-21)24(27)26-15-13-25(14-16-26)22-10-6-7-11-23(22)30-19-18-28-2/h3-11,20H,12-19H2,1-2H3. The van der Waals surface area contributed by atoms with Gasteiger partial charge in [0.1, 0.15) is 18.5 Å². The molecule has 162 valence electrons. The lowest BCUT2D eigenvalue weighted by molar-refractivity contribution is -0.142. The first-order chi connectivity index (χ1) is 14.7. The number of methoxy groups -OCH3 is 1. The van der Waals surface area contributed by atoms with Gasteiger partial charge < -0.3 is 24.0 Å². The van der Waals surface area contributed by atoms with Gasteiger partial charge in [-0.15, -0.1) is 0 Å². The van der Waals surface area contributed by atoms with Crippen molar-refractivity contribution >= 4 is 11.6 Å². The SMILES string of the molecule is COCCOc1ccccc1N1CCN(C(=O)C(C)OCCc2ccccc2)CC1. The van der Waals surface area contributed by atoms with Crippen LogP contribution in [0.2, 0.25) is 0 Å². The topological polar surface area (TPSA) is 51.2 Å². The summed E-state index contributed by atoms with van der Waals surface area (Å²) in [4.78, 5) is 16.9. The minimum atomic E-state index is -0.426. The highest BCUT2D eigenvalue weighted by atomic mass is 16.5. The Hall–Kier alpha value is -2.57. The Morgan fingerprint density at radius 2 is 1.63 bits per heavy atom. The molecule has 2 aromatic carbocycles. The molecule has 1 aliphatic rings. The van der Waals surface area contributed by atoms with Crippen molar-refractivity contribution in [1.82, 2.24) is 4.90 Å². The highest BCUT2D eigenvalue weighted by Crippen LogP contribution is 2.29. The van der Waals surface area contributed by atoms with Gasteiger partial charge in [-0.25, -0.2) is 0 Å². The second-order valence-corrected chi connectivity index (χ2v) is 7.37. The maximum atomic E-state index is 12.8. The smallest absolute Gasteiger partial charge is 0.251 e. The lowest BCUT2D eigenvalue weighted by Crippen LogP contribution is -2.51. The van der Waals surface area contributed by atoms with Crippen LogP contribution in [0.25, 0.3) is 0 Å². The van der Waals surface area contributed by atoms with E-state index in [9.17, 15) is 4.79 Å². The average molecular weight is 413 g/mol. The summed E-state index contributed by atoms with van der Waals surface area (Å²) in [7, 11) is 1.66. The van der Waals surface area contributed by atoms with E-state index in [0.29, 0.717) is 32.9 Å². The largest absolute Gasteiger partial charge is 0.489 e. The number of ether oxygens (including phenoxy) is 3. The van der Waals surface area contributed by atoms with Crippen molar-refractivity contribution in [1.29, 1.82) is 0 Å². The third-order valence-corrected chi connectivity index (χ3v) is 5.29. The van der Waals surface area contributed by atoms with Crippen LogP contribution in [0.4, 0.5) is 5.69 Å². The normalized spacial score (nSPS) is 15.1. The van der Waals surface area contributed by atoms with Crippen LogP contribution in [-0.2, 0) is 20.7 Å². The number of anilines is 1. The van der Waals surface area contributed by atoms with Crippen molar-refractivity contribution < 1.29 is 19.0 Å². The molecular formula is C24H32N2O4. The molecule has 1 fully saturated rings. The lowest BCUT2D eigenvalue weighted by atomic mass is 10.2. The Morgan fingerprint density at radius 1 is 0.933 bits per heavy atom. The van der Waals surface area contributed by atoms with Gasteiger partial charge >= 0.3 is 0 Å². The van der Waals surface area contributed by atoms with Crippen LogP contribution < -0.4 is 9.64 Å². The molecule has 1 atom stereocenters. The van der Waals surface area contributed by atoms with Crippen molar-refractivity contribution in [2.24, 2.45) is 0 Å². The van der Waals surface area contributed by atoms with Crippen molar-refractivity contribution in [2.75, 3.05) is 58.0 Å². The van der Waals surface area contributed by atoms with E-state index < -0.39 is 6.10 Å². The Bertz CT molecular complexity index is 776. The number of carbonyl (C=O) groups is 1. The fourth-order valence-corrected chi connectivity index (χ4v) is 3.57. The van der Waals surface area contributed by atoms with Gasteiger partial charge in [-0.2, -0.15) is 0 Å². The molecule has 1 saturated heterocycles. The number of nitrogens with zero attached hydrogens (tertiary/aromatic N) is 2. The molecule has 6 heteroatoms. The molecule has 0 spiro atoms. The third-order valence-electron chi connectivity index (χ3n) is 5.29. The number of amides is 1. The number of hydrogen-bond acceptors (Lipinski definition) is 5. The number of piperazine rings is 1. The van der Waals surface area contributed by atoms with Gasteiger partial charge in [0.15, 0.2) is 0 Å². The number of benzene rings is 2. The zero-order valence-electron chi connectivity index (χ0n) is 18.0. The van der Waals surface area contributed by atoms with Gasteiger partial charge in [-0.05, 0) is 31.0 Å². The molecule has 1 aliphatic heterocycles. The van der Waals surface area contributed by atoms with E-state index in [0.717, 1.165) is 30.9 Å². The molecule has 0 aliphatic carbocycles. The quantitative estimate of drug-likeness (QED) is 0.562. The number of hydrogen-bond donors (Lipinski definition) is 0. The van der Waals surface area contributed by atoms with E-state index in [1.165, 1.54) is 5.56 Å². The fraction of sp³-hybridized carbons (Fsp3) is 0.458. The molecule has 1 heterocycles. The molecular weight excluding hydrogens is 380 g/mol. The second-order valence-electron chi connectivity index (χ2n) is 7.37. The molecule has 0 aromatic heterocycles. The summed E-state index contributed by atoms with van der Waals surface area (Å²) in [5.74, 6) is 0.916. The van der Waals surface area contributed by atoms with E-state index in [-0.39, 0.29) is 5.91 Å². The van der Waals surface area contributed by atoms with Gasteiger partial charge in [0.2, 0.25) is 0 Å². The Kier molecular flexibility index (Phi) is 8.53. The molecule has 0 radical (unpaired) electrons. The highest BCUT2D eigenvalue weighted by molar-refractivity contribution is 5.81. The molecule has 1 amide bonds. The van der Waals surface area contributed by atoms with Crippen molar-refractivity contribution in [3.05, 3.63) is 60.2 Å². The van der Waals surface area contributed by atoms with Gasteiger partial charge in [0.25, 0.3) is 5.91 Å². The van der Waals surface area contributed by atoms with Gasteiger partial charge in [0.05, 0.1) is 18.9 Å². The van der Waals surface area contributed by atoms with Crippen LogP contribution in [0.5, 0.6) is 5.75 Å². The van der Waals surface area contributed by atoms with E-state index >= 15 is 0 Å². The van der Waals surface area contributed by atoms with E-state index in [4.69, 9.17) is 14.2 Å². The second kappa shape index (κ2) is 11.6. The summed E-state index contributed by atoms with van der Waals surface area (Å²) in [6, 6.07) is 18.2. The minimum absolute atomic E-state index is 0.0624. The predicted molar refractivity (Wildman–Crippen MR) is 118 cm³/mol. The average Bonchev–Trinajstić information content (AvgIpc) is 2.80. The maximum Gasteiger partial charge on any atom is 0.251 e. The zero-order valence-corrected chi connectivity index (χ0v) is 18.0. The van der Waals surface area contributed by atoms with Gasteiger partial charge in [-0.1, -0.05) is 42.5 Å². The van der Waals surface area contributed by atoms with Gasteiger partial charge in [-0.3, -0.25) is 4.79 Å². The maximum absolute atomic E-state index is 12.8. The molecule has 1 unspecified atom stereocenters. The van der Waals surface area contributed by atoms with E-state index in [2.05, 4.69) is 23.1 Å². The number of para-hydroxylation sites is 2. The monoisotopic (exact) mass is 412 g/mol. The summed E-state index contributed by atoms with van der Waals surface area (Å²) in [5.41, 5.74) is 2.28. The van der Waals surface area contributed by atoms with Crippen LogP contribution in [0.15, 0.2) is 54.6 Å². The predicted octanol–water partition coefficient (Wildman–Crippen LogP) is 3.01. The third kappa shape index (κ3) is 6.21. The molecule has 0 saturated carbocycles. The molecule has 0 bridgehead atoms. The Labute approximate surface area is 179 Å². The van der Waals surface area contributed by atoms with Crippen LogP contribution in [0.3, 0.4) is 0 Å². The van der Waals surface area contributed by atoms with Gasteiger partial charge in [0, 0.05) is 33.3 Å². The first-order valence-corrected chi connectivity index (χ1v) is 10.6. The van der Waals surface area contributed by atoms with Crippen LogP contribution in [0, 0.1) is 0 Å². The first kappa shape index (κ1) is 22.1.